The predicted octanol–water partition coefficient (Wildman–Crippen LogP) is 2.55. The molecule has 0 spiro atoms. The SMILES string of the molecule is COCCCN(C)Cn1nc(-c2ccc(OC)cc2)n(C)c1=S. The summed E-state index contributed by atoms with van der Waals surface area (Å²) in [7, 11) is 7.37. The Morgan fingerprint density at radius 1 is 1.22 bits per heavy atom. The Kier molecular flexibility index (Phi) is 6.32. The van der Waals surface area contributed by atoms with E-state index in [4.69, 9.17) is 21.7 Å². The Morgan fingerprint density at radius 2 is 1.91 bits per heavy atom. The van der Waals surface area contributed by atoms with E-state index in [1.807, 2.05) is 40.6 Å². The molecule has 0 radical (unpaired) electrons. The number of aromatic nitrogens is 3. The van der Waals surface area contributed by atoms with E-state index in [9.17, 15) is 0 Å². The molecule has 2 rings (SSSR count). The summed E-state index contributed by atoms with van der Waals surface area (Å²) in [4.78, 5) is 2.18. The molecule has 6 nitrogen and oxygen atoms in total. The summed E-state index contributed by atoms with van der Waals surface area (Å²) in [5.74, 6) is 1.68. The zero-order valence-electron chi connectivity index (χ0n) is 14.2. The van der Waals surface area contributed by atoms with Gasteiger partial charge in [0.2, 0.25) is 0 Å². The van der Waals surface area contributed by atoms with E-state index >= 15 is 0 Å². The lowest BCUT2D eigenvalue weighted by Crippen LogP contribution is -2.24. The van der Waals surface area contributed by atoms with Gasteiger partial charge in [0.15, 0.2) is 10.6 Å². The van der Waals surface area contributed by atoms with Gasteiger partial charge in [-0.3, -0.25) is 4.90 Å². The Morgan fingerprint density at radius 3 is 2.52 bits per heavy atom. The number of benzene rings is 1. The fourth-order valence-corrected chi connectivity index (χ4v) is 2.53. The summed E-state index contributed by atoms with van der Waals surface area (Å²) in [5, 5.41) is 4.67. The molecular weight excluding hydrogens is 312 g/mol. The van der Waals surface area contributed by atoms with Crippen molar-refractivity contribution in [2.45, 2.75) is 13.1 Å². The first-order valence-corrected chi connectivity index (χ1v) is 7.93. The van der Waals surface area contributed by atoms with Gasteiger partial charge in [0.25, 0.3) is 0 Å². The number of nitrogens with zero attached hydrogens (tertiary/aromatic N) is 4. The molecule has 0 aliphatic heterocycles. The maximum atomic E-state index is 5.50. The smallest absolute Gasteiger partial charge is 0.199 e. The monoisotopic (exact) mass is 336 g/mol. The molecule has 0 aliphatic carbocycles. The largest absolute Gasteiger partial charge is 0.497 e. The van der Waals surface area contributed by atoms with Gasteiger partial charge in [-0.15, -0.1) is 0 Å². The van der Waals surface area contributed by atoms with E-state index in [-0.39, 0.29) is 0 Å². The fourth-order valence-electron chi connectivity index (χ4n) is 2.35. The van der Waals surface area contributed by atoms with Crippen LogP contribution in [0.4, 0.5) is 0 Å². The zero-order valence-corrected chi connectivity index (χ0v) is 15.0. The van der Waals surface area contributed by atoms with Crippen molar-refractivity contribution in [3.63, 3.8) is 0 Å². The van der Waals surface area contributed by atoms with Crippen molar-refractivity contribution in [2.75, 3.05) is 34.4 Å². The minimum atomic E-state index is 0.659. The molecule has 0 atom stereocenters. The highest BCUT2D eigenvalue weighted by Gasteiger charge is 2.11. The average Bonchev–Trinajstić information content (AvgIpc) is 2.83. The molecule has 0 amide bonds. The third kappa shape index (κ3) is 4.40. The van der Waals surface area contributed by atoms with E-state index in [1.54, 1.807) is 14.2 Å². The van der Waals surface area contributed by atoms with Gasteiger partial charge in [0.1, 0.15) is 5.75 Å². The summed E-state index contributed by atoms with van der Waals surface area (Å²) >= 11 is 5.50. The lowest BCUT2D eigenvalue weighted by Gasteiger charge is -2.15. The Balaban J connectivity index is 2.15. The normalized spacial score (nSPS) is 11.2. The van der Waals surface area contributed by atoms with Gasteiger partial charge in [0.05, 0.1) is 13.8 Å². The van der Waals surface area contributed by atoms with Gasteiger partial charge in [-0.25, -0.2) is 4.68 Å². The first-order chi connectivity index (χ1) is 11.1. The second-order valence-electron chi connectivity index (χ2n) is 5.46. The van der Waals surface area contributed by atoms with Crippen molar-refractivity contribution in [2.24, 2.45) is 7.05 Å². The lowest BCUT2D eigenvalue weighted by molar-refractivity contribution is 0.168. The first kappa shape index (κ1) is 17.7. The Hall–Kier alpha value is -1.70. The fraction of sp³-hybridized carbons (Fsp3) is 0.500. The molecule has 0 saturated carbocycles. The maximum Gasteiger partial charge on any atom is 0.199 e. The molecule has 1 aromatic carbocycles. The van der Waals surface area contributed by atoms with Gasteiger partial charge >= 0.3 is 0 Å². The number of hydrogen-bond donors (Lipinski definition) is 0. The Labute approximate surface area is 142 Å². The molecule has 0 saturated heterocycles. The summed E-state index contributed by atoms with van der Waals surface area (Å²) in [6, 6.07) is 7.83. The second-order valence-corrected chi connectivity index (χ2v) is 5.83. The number of hydrogen-bond acceptors (Lipinski definition) is 5. The van der Waals surface area contributed by atoms with Crippen LogP contribution in [0, 0.1) is 4.77 Å². The minimum Gasteiger partial charge on any atom is -0.497 e. The zero-order chi connectivity index (χ0) is 16.8. The highest BCUT2D eigenvalue weighted by atomic mass is 32.1. The van der Waals surface area contributed by atoms with Gasteiger partial charge in [0, 0.05) is 32.9 Å². The Bertz CT molecular complexity index is 678. The minimum absolute atomic E-state index is 0.659. The number of methoxy groups -OCH3 is 2. The van der Waals surface area contributed by atoms with Gasteiger partial charge in [-0.2, -0.15) is 5.10 Å². The van der Waals surface area contributed by atoms with Crippen molar-refractivity contribution in [1.29, 1.82) is 0 Å². The molecule has 2 aromatic rings. The molecule has 1 aromatic heterocycles. The van der Waals surface area contributed by atoms with Crippen LogP contribution in [-0.4, -0.2) is 53.7 Å². The highest BCUT2D eigenvalue weighted by molar-refractivity contribution is 7.71. The van der Waals surface area contributed by atoms with E-state index in [0.29, 0.717) is 11.4 Å². The average molecular weight is 336 g/mol. The summed E-state index contributed by atoms with van der Waals surface area (Å²) in [6.45, 7) is 2.35. The van der Waals surface area contributed by atoms with Crippen LogP contribution < -0.4 is 4.74 Å². The van der Waals surface area contributed by atoms with Crippen LogP contribution in [0.1, 0.15) is 6.42 Å². The molecule has 0 unspecified atom stereocenters. The van der Waals surface area contributed by atoms with Gasteiger partial charge in [-0.1, -0.05) is 0 Å². The van der Waals surface area contributed by atoms with Crippen molar-refractivity contribution < 1.29 is 9.47 Å². The third-order valence-electron chi connectivity index (χ3n) is 3.65. The van der Waals surface area contributed by atoms with E-state index in [0.717, 1.165) is 36.7 Å². The van der Waals surface area contributed by atoms with Crippen LogP contribution in [-0.2, 0) is 18.5 Å². The van der Waals surface area contributed by atoms with Crippen LogP contribution in [0.2, 0.25) is 0 Å². The molecule has 0 N–H and O–H groups in total. The second kappa shape index (κ2) is 8.24. The summed E-state index contributed by atoms with van der Waals surface area (Å²) < 4.78 is 14.8. The summed E-state index contributed by atoms with van der Waals surface area (Å²) in [6.07, 6.45) is 0.985. The van der Waals surface area contributed by atoms with Crippen molar-refractivity contribution in [3.8, 4) is 17.1 Å². The molecule has 0 bridgehead atoms. The lowest BCUT2D eigenvalue weighted by atomic mass is 10.2. The number of rotatable bonds is 8. The van der Waals surface area contributed by atoms with E-state index < -0.39 is 0 Å². The molecule has 0 fully saturated rings. The molecule has 7 heteroatoms. The van der Waals surface area contributed by atoms with Crippen molar-refractivity contribution in [3.05, 3.63) is 29.0 Å². The van der Waals surface area contributed by atoms with E-state index in [1.165, 1.54) is 0 Å². The van der Waals surface area contributed by atoms with Crippen molar-refractivity contribution in [1.82, 2.24) is 19.2 Å². The van der Waals surface area contributed by atoms with Crippen LogP contribution >= 0.6 is 12.2 Å². The van der Waals surface area contributed by atoms with Crippen LogP contribution in [0.5, 0.6) is 5.75 Å². The topological polar surface area (TPSA) is 44.4 Å². The van der Waals surface area contributed by atoms with Crippen LogP contribution in [0.3, 0.4) is 0 Å². The summed E-state index contributed by atoms with van der Waals surface area (Å²) in [5.41, 5.74) is 1.01. The quantitative estimate of drug-likeness (QED) is 0.547. The molecule has 23 heavy (non-hydrogen) atoms. The third-order valence-corrected chi connectivity index (χ3v) is 4.14. The molecule has 1 heterocycles. The van der Waals surface area contributed by atoms with E-state index in [2.05, 4.69) is 17.0 Å². The maximum absolute atomic E-state index is 5.50. The molecule has 0 aliphatic rings. The highest BCUT2D eigenvalue weighted by Crippen LogP contribution is 2.20. The van der Waals surface area contributed by atoms with Gasteiger partial charge < -0.3 is 14.0 Å². The molecular formula is C16H24N4O2S. The van der Waals surface area contributed by atoms with Crippen molar-refractivity contribution >= 4 is 12.2 Å². The first-order valence-electron chi connectivity index (χ1n) is 7.52. The number of ether oxygens (including phenoxy) is 2. The standard InChI is InChI=1S/C16H24N4O2S/c1-18(10-5-11-21-3)12-20-16(23)19(2)15(17-20)13-6-8-14(22-4)9-7-13/h6-9H,5,10-12H2,1-4H3. The van der Waals surface area contributed by atoms with Crippen LogP contribution in [0.25, 0.3) is 11.4 Å². The predicted molar refractivity (Wildman–Crippen MR) is 93.1 cm³/mol. The van der Waals surface area contributed by atoms with Gasteiger partial charge in [-0.05, 0) is 50.0 Å². The van der Waals surface area contributed by atoms with Crippen LogP contribution in [0.15, 0.2) is 24.3 Å². The molecule has 126 valence electrons.